The Kier molecular flexibility index (Phi) is 7.74. The summed E-state index contributed by atoms with van der Waals surface area (Å²) in [6, 6.07) is 9.63. The molecule has 11 heteroatoms. The van der Waals surface area contributed by atoms with Gasteiger partial charge in [-0.1, -0.05) is 6.07 Å². The topological polar surface area (TPSA) is 107 Å². The highest BCUT2D eigenvalue weighted by atomic mass is 35.5. The van der Waals surface area contributed by atoms with Gasteiger partial charge in [0.15, 0.2) is 11.6 Å². The van der Waals surface area contributed by atoms with Crippen LogP contribution >= 0.6 is 12.4 Å². The maximum absolute atomic E-state index is 15.0. The molecule has 0 saturated carbocycles. The standard InChI is InChI=1S/C24H28FN9.ClH/c1-15(2)30-23-21(25)22(28-14-29-23)17-3-4-18-19(12-17)32-24(31-18)33-20-11-16(5-6-27-20)13-34-9-7-26-8-10-34;/h3-6,11-12,14-15,26H,7-10,13H2,1-2H3,(H,28,29,30)(H2,27,31,32,33);1H. The summed E-state index contributed by atoms with van der Waals surface area (Å²) < 4.78 is 15.0. The lowest BCUT2D eigenvalue weighted by Gasteiger charge is -2.27. The molecule has 1 aromatic carbocycles. The van der Waals surface area contributed by atoms with Crippen LogP contribution in [0.3, 0.4) is 0 Å². The van der Waals surface area contributed by atoms with Crippen LogP contribution in [0.5, 0.6) is 0 Å². The first kappa shape index (κ1) is 24.8. The van der Waals surface area contributed by atoms with E-state index in [-0.39, 0.29) is 30.0 Å². The first-order valence-electron chi connectivity index (χ1n) is 11.5. The number of hydrogen-bond donors (Lipinski definition) is 4. The molecule has 1 aliphatic heterocycles. The average molecular weight is 498 g/mol. The molecule has 0 spiro atoms. The van der Waals surface area contributed by atoms with Gasteiger partial charge in [0.25, 0.3) is 0 Å². The molecule has 1 aliphatic rings. The zero-order chi connectivity index (χ0) is 23.5. The zero-order valence-electron chi connectivity index (χ0n) is 19.7. The van der Waals surface area contributed by atoms with Crippen LogP contribution in [0.4, 0.5) is 22.0 Å². The summed E-state index contributed by atoms with van der Waals surface area (Å²) >= 11 is 0. The van der Waals surface area contributed by atoms with Gasteiger partial charge in [-0.2, -0.15) is 0 Å². The van der Waals surface area contributed by atoms with E-state index >= 15 is 0 Å². The largest absolute Gasteiger partial charge is 0.365 e. The third-order valence-electron chi connectivity index (χ3n) is 5.66. The molecular formula is C24H29ClFN9. The number of pyridine rings is 1. The highest BCUT2D eigenvalue weighted by Crippen LogP contribution is 2.28. The number of rotatable bonds is 7. The Morgan fingerprint density at radius 1 is 1.09 bits per heavy atom. The predicted octanol–water partition coefficient (Wildman–Crippen LogP) is 3.94. The number of nitrogens with one attached hydrogen (secondary N) is 4. The van der Waals surface area contributed by atoms with E-state index in [9.17, 15) is 4.39 Å². The first-order chi connectivity index (χ1) is 16.5. The maximum Gasteiger partial charge on any atom is 0.206 e. The fraction of sp³-hybridized carbons (Fsp3) is 0.333. The van der Waals surface area contributed by atoms with Crippen molar-refractivity contribution < 1.29 is 4.39 Å². The summed E-state index contributed by atoms with van der Waals surface area (Å²) in [4.78, 5) is 22.9. The molecule has 0 atom stereocenters. The van der Waals surface area contributed by atoms with Crippen LogP contribution in [0.25, 0.3) is 22.3 Å². The summed E-state index contributed by atoms with van der Waals surface area (Å²) in [5.41, 5.74) is 3.62. The Morgan fingerprint density at radius 2 is 1.91 bits per heavy atom. The van der Waals surface area contributed by atoms with Crippen molar-refractivity contribution in [1.82, 2.24) is 35.1 Å². The number of aromatic amines is 1. The average Bonchev–Trinajstić information content (AvgIpc) is 3.22. The molecule has 0 bridgehead atoms. The van der Waals surface area contributed by atoms with E-state index in [1.54, 1.807) is 6.20 Å². The van der Waals surface area contributed by atoms with Gasteiger partial charge in [0.05, 0.1) is 11.0 Å². The SMILES string of the molecule is CC(C)Nc1ncnc(-c2ccc3nc(Nc4cc(CN5CCNCC5)ccn4)[nH]c3c2)c1F.Cl. The summed E-state index contributed by atoms with van der Waals surface area (Å²) in [7, 11) is 0. The molecule has 4 aromatic rings. The van der Waals surface area contributed by atoms with Gasteiger partial charge in [-0.05, 0) is 43.7 Å². The van der Waals surface area contributed by atoms with E-state index in [0.29, 0.717) is 11.5 Å². The minimum absolute atomic E-state index is 0. The molecular weight excluding hydrogens is 469 g/mol. The molecule has 9 nitrogen and oxygen atoms in total. The molecule has 35 heavy (non-hydrogen) atoms. The molecule has 1 fully saturated rings. The summed E-state index contributed by atoms with van der Waals surface area (Å²) in [5.74, 6) is 1.01. The summed E-state index contributed by atoms with van der Waals surface area (Å²) in [5, 5.41) is 9.64. The molecule has 0 amide bonds. The molecule has 0 radical (unpaired) electrons. The minimum Gasteiger partial charge on any atom is -0.365 e. The smallest absolute Gasteiger partial charge is 0.206 e. The van der Waals surface area contributed by atoms with Gasteiger partial charge in [-0.25, -0.2) is 24.3 Å². The molecule has 1 saturated heterocycles. The van der Waals surface area contributed by atoms with E-state index in [1.807, 2.05) is 44.2 Å². The molecule has 184 valence electrons. The summed E-state index contributed by atoms with van der Waals surface area (Å²) in [6.07, 6.45) is 3.17. The summed E-state index contributed by atoms with van der Waals surface area (Å²) in [6.45, 7) is 8.87. The number of imidazole rings is 1. The van der Waals surface area contributed by atoms with Crippen LogP contribution in [0.2, 0.25) is 0 Å². The molecule has 4 N–H and O–H groups in total. The second kappa shape index (κ2) is 10.9. The van der Waals surface area contributed by atoms with E-state index in [2.05, 4.69) is 45.8 Å². The Morgan fingerprint density at radius 3 is 2.71 bits per heavy atom. The van der Waals surface area contributed by atoms with Crippen molar-refractivity contribution in [3.63, 3.8) is 0 Å². The van der Waals surface area contributed by atoms with E-state index in [4.69, 9.17) is 0 Å². The fourth-order valence-corrected chi connectivity index (χ4v) is 4.05. The first-order valence-corrected chi connectivity index (χ1v) is 11.5. The van der Waals surface area contributed by atoms with Gasteiger partial charge in [-0.3, -0.25) is 4.90 Å². The van der Waals surface area contributed by atoms with Gasteiger partial charge in [0.1, 0.15) is 17.8 Å². The van der Waals surface area contributed by atoms with Crippen molar-refractivity contribution in [3.8, 4) is 11.3 Å². The highest BCUT2D eigenvalue weighted by molar-refractivity contribution is 5.85. The quantitative estimate of drug-likeness (QED) is 0.304. The van der Waals surface area contributed by atoms with Crippen LogP contribution in [-0.2, 0) is 6.54 Å². The molecule has 4 heterocycles. The number of nitrogens with zero attached hydrogens (tertiary/aromatic N) is 5. The predicted molar refractivity (Wildman–Crippen MR) is 139 cm³/mol. The third-order valence-corrected chi connectivity index (χ3v) is 5.66. The van der Waals surface area contributed by atoms with Gasteiger partial charge < -0.3 is 20.9 Å². The van der Waals surface area contributed by atoms with Gasteiger partial charge >= 0.3 is 0 Å². The van der Waals surface area contributed by atoms with Crippen LogP contribution < -0.4 is 16.0 Å². The van der Waals surface area contributed by atoms with Crippen molar-refractivity contribution in [3.05, 3.63) is 54.2 Å². The molecule has 0 aliphatic carbocycles. The number of benzene rings is 1. The van der Waals surface area contributed by atoms with E-state index in [0.717, 1.165) is 49.6 Å². The monoisotopic (exact) mass is 497 g/mol. The second-order valence-electron chi connectivity index (χ2n) is 8.70. The lowest BCUT2D eigenvalue weighted by Crippen LogP contribution is -2.42. The number of fused-ring (bicyclic) bond motifs is 1. The van der Waals surface area contributed by atoms with Gasteiger partial charge in [-0.15, -0.1) is 12.4 Å². The third kappa shape index (κ3) is 5.84. The van der Waals surface area contributed by atoms with Crippen molar-refractivity contribution in [2.45, 2.75) is 26.4 Å². The molecule has 3 aromatic heterocycles. The zero-order valence-corrected chi connectivity index (χ0v) is 20.5. The molecule has 0 unspecified atom stereocenters. The highest BCUT2D eigenvalue weighted by Gasteiger charge is 2.15. The Bertz CT molecular complexity index is 1290. The number of aromatic nitrogens is 5. The number of H-pyrrole nitrogens is 1. The van der Waals surface area contributed by atoms with Crippen LogP contribution in [-0.4, -0.2) is 62.0 Å². The van der Waals surface area contributed by atoms with Crippen molar-refractivity contribution in [1.29, 1.82) is 0 Å². The van der Waals surface area contributed by atoms with Crippen molar-refractivity contribution in [2.75, 3.05) is 36.8 Å². The van der Waals surface area contributed by atoms with Crippen molar-refractivity contribution >= 4 is 41.0 Å². The number of anilines is 3. The Balaban J connectivity index is 0.00000289. The van der Waals surface area contributed by atoms with Gasteiger partial charge in [0.2, 0.25) is 5.95 Å². The number of halogens is 2. The number of piperazine rings is 1. The number of hydrogen-bond acceptors (Lipinski definition) is 8. The lowest BCUT2D eigenvalue weighted by atomic mass is 10.1. The minimum atomic E-state index is -0.473. The van der Waals surface area contributed by atoms with Crippen LogP contribution in [0.1, 0.15) is 19.4 Å². The van der Waals surface area contributed by atoms with Crippen molar-refractivity contribution in [2.24, 2.45) is 0 Å². The normalized spacial score (nSPS) is 14.2. The second-order valence-corrected chi connectivity index (χ2v) is 8.70. The molecule has 5 rings (SSSR count). The lowest BCUT2D eigenvalue weighted by molar-refractivity contribution is 0.233. The maximum atomic E-state index is 15.0. The Hall–Kier alpha value is -3.34. The van der Waals surface area contributed by atoms with E-state index in [1.165, 1.54) is 11.9 Å². The Labute approximate surface area is 209 Å². The van der Waals surface area contributed by atoms with E-state index < -0.39 is 5.82 Å². The fourth-order valence-electron chi connectivity index (χ4n) is 4.05. The van der Waals surface area contributed by atoms with Gasteiger partial charge in [0, 0.05) is 50.5 Å². The van der Waals surface area contributed by atoms with Crippen LogP contribution in [0, 0.1) is 5.82 Å². The van der Waals surface area contributed by atoms with Crippen LogP contribution in [0.15, 0.2) is 42.9 Å².